The molecule has 0 heterocycles. The van der Waals surface area contributed by atoms with Gasteiger partial charge in [0.05, 0.1) is 5.56 Å². The van der Waals surface area contributed by atoms with E-state index in [2.05, 4.69) is 13.8 Å². The van der Waals surface area contributed by atoms with Crippen LogP contribution in [-0.4, -0.2) is 0 Å². The van der Waals surface area contributed by atoms with Crippen LogP contribution in [0, 0.1) is 41.1 Å². The molecule has 0 amide bonds. The zero-order valence-corrected chi connectivity index (χ0v) is 21.7. The highest BCUT2D eigenvalue weighted by Crippen LogP contribution is 2.43. The third kappa shape index (κ3) is 6.92. The predicted molar refractivity (Wildman–Crippen MR) is 140 cm³/mol. The summed E-state index contributed by atoms with van der Waals surface area (Å²) in [6, 6.07) is 8.36. The third-order valence-corrected chi connectivity index (χ3v) is 9.13. The Bertz CT molecular complexity index is 895. The molecule has 35 heavy (non-hydrogen) atoms. The van der Waals surface area contributed by atoms with E-state index in [9.17, 15) is 13.2 Å². The van der Waals surface area contributed by atoms with E-state index in [1.165, 1.54) is 94.2 Å². The monoisotopic (exact) mass is 484 g/mol. The normalized spacial score (nSPS) is 26.0. The lowest BCUT2D eigenvalue weighted by atomic mass is 9.70. The standard InChI is InChI=1S/C32H43F3/c1-3-4-5-6-23-7-11-25(12-8-23)22(2)19-24-9-13-26(14-10-24)28-20-30(34)32(31(35)21-28)27-15-17-29(33)18-16-27/h15-18,20-26H,3-14,19H2,1-2H3. The van der Waals surface area contributed by atoms with Gasteiger partial charge in [-0.05, 0) is 110 Å². The molecule has 2 aromatic rings. The number of hydrogen-bond acceptors (Lipinski definition) is 0. The molecule has 0 aliphatic heterocycles. The summed E-state index contributed by atoms with van der Waals surface area (Å²) < 4.78 is 43.0. The van der Waals surface area contributed by atoms with E-state index in [4.69, 9.17) is 0 Å². The molecular weight excluding hydrogens is 441 g/mol. The van der Waals surface area contributed by atoms with Gasteiger partial charge in [-0.2, -0.15) is 0 Å². The van der Waals surface area contributed by atoms with Crippen LogP contribution < -0.4 is 0 Å². The van der Waals surface area contributed by atoms with E-state index >= 15 is 0 Å². The van der Waals surface area contributed by atoms with Gasteiger partial charge < -0.3 is 0 Å². The van der Waals surface area contributed by atoms with Gasteiger partial charge in [0.25, 0.3) is 0 Å². The van der Waals surface area contributed by atoms with E-state index in [0.29, 0.717) is 5.56 Å². The Morgan fingerprint density at radius 1 is 0.771 bits per heavy atom. The second-order valence-electron chi connectivity index (χ2n) is 11.6. The van der Waals surface area contributed by atoms with Gasteiger partial charge in [-0.15, -0.1) is 0 Å². The Labute approximate surface area is 210 Å². The van der Waals surface area contributed by atoms with Gasteiger partial charge in [0, 0.05) is 0 Å². The van der Waals surface area contributed by atoms with Crippen LogP contribution in [0.5, 0.6) is 0 Å². The van der Waals surface area contributed by atoms with E-state index in [-0.39, 0.29) is 11.5 Å². The second-order valence-corrected chi connectivity index (χ2v) is 11.6. The van der Waals surface area contributed by atoms with Crippen LogP contribution in [0.15, 0.2) is 36.4 Å². The smallest absolute Gasteiger partial charge is 0.134 e. The summed E-state index contributed by atoms with van der Waals surface area (Å²) in [5, 5.41) is 0. The SMILES string of the molecule is CCCCCC1CCC(C(C)CC2CCC(c3cc(F)c(-c4ccc(F)cc4)c(F)c3)CC2)CC1. The lowest BCUT2D eigenvalue weighted by Gasteiger charge is -2.36. The lowest BCUT2D eigenvalue weighted by Crippen LogP contribution is -2.23. The van der Waals surface area contributed by atoms with Crippen LogP contribution in [0.1, 0.15) is 109 Å². The minimum absolute atomic E-state index is 0.0589. The number of rotatable bonds is 9. The quantitative estimate of drug-likeness (QED) is 0.311. The van der Waals surface area contributed by atoms with E-state index < -0.39 is 17.5 Å². The molecule has 4 rings (SSSR count). The van der Waals surface area contributed by atoms with Crippen LogP contribution in [-0.2, 0) is 0 Å². The largest absolute Gasteiger partial charge is 0.207 e. The van der Waals surface area contributed by atoms with Crippen molar-refractivity contribution in [3.8, 4) is 11.1 Å². The van der Waals surface area contributed by atoms with Crippen LogP contribution >= 0.6 is 0 Å². The van der Waals surface area contributed by atoms with Crippen molar-refractivity contribution in [2.45, 2.75) is 103 Å². The first kappa shape index (κ1) is 26.3. The molecule has 1 unspecified atom stereocenters. The molecule has 0 bridgehead atoms. The highest BCUT2D eigenvalue weighted by molar-refractivity contribution is 5.65. The number of unbranched alkanes of at least 4 members (excludes halogenated alkanes) is 2. The molecule has 0 radical (unpaired) electrons. The average molecular weight is 485 g/mol. The molecule has 2 fully saturated rings. The molecule has 3 heteroatoms. The molecule has 192 valence electrons. The average Bonchev–Trinajstić information content (AvgIpc) is 2.86. The molecule has 0 aromatic heterocycles. The van der Waals surface area contributed by atoms with Crippen molar-refractivity contribution in [1.82, 2.24) is 0 Å². The molecular formula is C32H43F3. The van der Waals surface area contributed by atoms with Crippen molar-refractivity contribution in [1.29, 1.82) is 0 Å². The summed E-state index contributed by atoms with van der Waals surface area (Å²) >= 11 is 0. The minimum atomic E-state index is -0.548. The third-order valence-electron chi connectivity index (χ3n) is 9.13. The predicted octanol–water partition coefficient (Wildman–Crippen LogP) is 10.5. The molecule has 0 saturated heterocycles. The minimum Gasteiger partial charge on any atom is -0.207 e. The fourth-order valence-corrected chi connectivity index (χ4v) is 6.90. The summed E-state index contributed by atoms with van der Waals surface area (Å²) in [6.07, 6.45) is 16.9. The molecule has 2 aromatic carbocycles. The van der Waals surface area contributed by atoms with Crippen molar-refractivity contribution < 1.29 is 13.2 Å². The Balaban J connectivity index is 1.26. The van der Waals surface area contributed by atoms with Gasteiger partial charge in [0.1, 0.15) is 17.5 Å². The molecule has 0 N–H and O–H groups in total. The van der Waals surface area contributed by atoms with Gasteiger partial charge in [0.15, 0.2) is 0 Å². The van der Waals surface area contributed by atoms with Crippen molar-refractivity contribution >= 4 is 0 Å². The highest BCUT2D eigenvalue weighted by Gasteiger charge is 2.29. The molecule has 2 aliphatic carbocycles. The van der Waals surface area contributed by atoms with Crippen LogP contribution in [0.3, 0.4) is 0 Å². The van der Waals surface area contributed by atoms with Gasteiger partial charge >= 0.3 is 0 Å². The Morgan fingerprint density at radius 3 is 1.97 bits per heavy atom. The van der Waals surface area contributed by atoms with E-state index in [1.54, 1.807) is 0 Å². The topological polar surface area (TPSA) is 0 Å². The van der Waals surface area contributed by atoms with Crippen molar-refractivity contribution in [2.24, 2.45) is 23.7 Å². The number of benzene rings is 2. The molecule has 1 atom stereocenters. The molecule has 0 nitrogen and oxygen atoms in total. The Morgan fingerprint density at radius 2 is 1.37 bits per heavy atom. The molecule has 2 aliphatic rings. The van der Waals surface area contributed by atoms with Gasteiger partial charge in [-0.1, -0.05) is 64.5 Å². The first-order chi connectivity index (χ1) is 16.9. The van der Waals surface area contributed by atoms with Gasteiger partial charge in [0.2, 0.25) is 0 Å². The molecule has 0 spiro atoms. The zero-order valence-electron chi connectivity index (χ0n) is 21.7. The summed E-state index contributed by atoms with van der Waals surface area (Å²) in [6.45, 7) is 4.75. The van der Waals surface area contributed by atoms with Crippen molar-refractivity contribution in [3.63, 3.8) is 0 Å². The highest BCUT2D eigenvalue weighted by atomic mass is 19.1. The first-order valence-electron chi connectivity index (χ1n) is 14.2. The second kappa shape index (κ2) is 12.5. The van der Waals surface area contributed by atoms with E-state index in [1.807, 2.05) is 0 Å². The van der Waals surface area contributed by atoms with Gasteiger partial charge in [-0.25, -0.2) is 13.2 Å². The van der Waals surface area contributed by atoms with Crippen LogP contribution in [0.4, 0.5) is 13.2 Å². The zero-order chi connectivity index (χ0) is 24.8. The first-order valence-corrected chi connectivity index (χ1v) is 14.2. The van der Waals surface area contributed by atoms with Crippen LogP contribution in [0.2, 0.25) is 0 Å². The molecule has 2 saturated carbocycles. The lowest BCUT2D eigenvalue weighted by molar-refractivity contribution is 0.169. The fourth-order valence-electron chi connectivity index (χ4n) is 6.90. The van der Waals surface area contributed by atoms with E-state index in [0.717, 1.165) is 54.9 Å². The Hall–Kier alpha value is -1.77. The maximum atomic E-state index is 14.9. The summed E-state index contributed by atoms with van der Waals surface area (Å²) in [5.74, 6) is 2.11. The maximum Gasteiger partial charge on any atom is 0.134 e. The summed E-state index contributed by atoms with van der Waals surface area (Å²) in [5.41, 5.74) is 1.09. The fraction of sp³-hybridized carbons (Fsp3) is 0.625. The van der Waals surface area contributed by atoms with Crippen LogP contribution in [0.25, 0.3) is 11.1 Å². The number of hydrogen-bond donors (Lipinski definition) is 0. The summed E-state index contributed by atoms with van der Waals surface area (Å²) in [7, 11) is 0. The van der Waals surface area contributed by atoms with Gasteiger partial charge in [-0.3, -0.25) is 0 Å². The number of halogens is 3. The Kier molecular flexibility index (Phi) is 9.36. The summed E-state index contributed by atoms with van der Waals surface area (Å²) in [4.78, 5) is 0. The van der Waals surface area contributed by atoms with Crippen molar-refractivity contribution in [2.75, 3.05) is 0 Å². The van der Waals surface area contributed by atoms with Crippen molar-refractivity contribution in [3.05, 3.63) is 59.4 Å². The maximum absolute atomic E-state index is 14.9.